The summed E-state index contributed by atoms with van der Waals surface area (Å²) in [5.74, 6) is -0.952. The molecule has 1 N–H and O–H groups in total. The molecule has 0 aliphatic rings. The first-order valence-corrected chi connectivity index (χ1v) is 7.49. The highest BCUT2D eigenvalue weighted by atomic mass is 35.5. The number of aryl methyl sites for hydroxylation is 2. The van der Waals surface area contributed by atoms with Gasteiger partial charge in [0.15, 0.2) is 0 Å². The molecule has 0 aliphatic carbocycles. The second kappa shape index (κ2) is 6.92. The largest absolute Gasteiger partial charge is 0.352 e. The molecule has 0 saturated heterocycles. The molecule has 0 spiro atoms. The first-order chi connectivity index (χ1) is 10.4. The molecule has 1 heterocycles. The molecule has 4 nitrogen and oxygen atoms in total. The number of benzene rings is 1. The van der Waals surface area contributed by atoms with Crippen LogP contribution in [-0.2, 0) is 6.54 Å². The molecule has 1 unspecified atom stereocenters. The molecule has 22 heavy (non-hydrogen) atoms. The summed E-state index contributed by atoms with van der Waals surface area (Å²) < 4.78 is 15.6. The van der Waals surface area contributed by atoms with Gasteiger partial charge in [-0.2, -0.15) is 5.10 Å². The second-order valence-electron chi connectivity index (χ2n) is 5.52. The number of rotatable bonds is 5. The van der Waals surface area contributed by atoms with Gasteiger partial charge in [-0.15, -0.1) is 0 Å². The summed E-state index contributed by atoms with van der Waals surface area (Å²) in [5, 5.41) is 7.22. The quantitative estimate of drug-likeness (QED) is 0.917. The molecule has 1 amide bonds. The first-order valence-electron chi connectivity index (χ1n) is 7.11. The van der Waals surface area contributed by atoms with Gasteiger partial charge in [0.25, 0.3) is 5.91 Å². The van der Waals surface area contributed by atoms with Gasteiger partial charge in [-0.25, -0.2) is 4.39 Å². The van der Waals surface area contributed by atoms with Gasteiger partial charge < -0.3 is 5.32 Å². The van der Waals surface area contributed by atoms with E-state index in [-0.39, 0.29) is 16.5 Å². The number of nitrogens with zero attached hydrogens (tertiary/aromatic N) is 2. The van der Waals surface area contributed by atoms with E-state index in [1.807, 2.05) is 31.5 Å². The maximum Gasteiger partial charge on any atom is 0.255 e. The normalized spacial score (nSPS) is 12.2. The molecular formula is C16H19ClFN3O. The summed E-state index contributed by atoms with van der Waals surface area (Å²) in [6.07, 6.45) is 0. The highest BCUT2D eigenvalue weighted by Gasteiger charge is 2.16. The summed E-state index contributed by atoms with van der Waals surface area (Å²) in [7, 11) is 0. The number of carbonyl (C=O) groups excluding carboxylic acids is 1. The summed E-state index contributed by atoms with van der Waals surface area (Å²) in [6.45, 7) is 7.03. The van der Waals surface area contributed by atoms with Crippen LogP contribution >= 0.6 is 11.6 Å². The van der Waals surface area contributed by atoms with Gasteiger partial charge in [0.2, 0.25) is 0 Å². The van der Waals surface area contributed by atoms with Crippen LogP contribution in [0.3, 0.4) is 0 Å². The smallest absolute Gasteiger partial charge is 0.255 e. The first kappa shape index (κ1) is 16.5. The monoisotopic (exact) mass is 323 g/mol. The zero-order valence-corrected chi connectivity index (χ0v) is 13.6. The van der Waals surface area contributed by atoms with Crippen molar-refractivity contribution in [2.75, 3.05) is 6.54 Å². The van der Waals surface area contributed by atoms with Gasteiger partial charge in [-0.1, -0.05) is 24.6 Å². The third kappa shape index (κ3) is 3.85. The van der Waals surface area contributed by atoms with Crippen LogP contribution in [0.4, 0.5) is 4.39 Å². The third-order valence-corrected chi connectivity index (χ3v) is 3.70. The van der Waals surface area contributed by atoms with Crippen molar-refractivity contribution in [1.82, 2.24) is 15.1 Å². The summed E-state index contributed by atoms with van der Waals surface area (Å²) in [6, 6.07) is 6.20. The van der Waals surface area contributed by atoms with Crippen LogP contribution < -0.4 is 5.32 Å². The van der Waals surface area contributed by atoms with Crippen molar-refractivity contribution in [3.8, 4) is 0 Å². The topological polar surface area (TPSA) is 46.9 Å². The molecule has 1 atom stereocenters. The minimum atomic E-state index is -0.615. The van der Waals surface area contributed by atoms with E-state index in [2.05, 4.69) is 10.4 Å². The molecule has 1 aromatic carbocycles. The van der Waals surface area contributed by atoms with E-state index in [1.54, 1.807) is 0 Å². The van der Waals surface area contributed by atoms with Crippen LogP contribution in [0.15, 0.2) is 24.3 Å². The molecule has 118 valence electrons. The van der Waals surface area contributed by atoms with E-state index >= 15 is 0 Å². The van der Waals surface area contributed by atoms with Crippen molar-refractivity contribution in [2.24, 2.45) is 5.92 Å². The fourth-order valence-electron chi connectivity index (χ4n) is 2.29. The molecule has 1 aromatic heterocycles. The number of amides is 1. The molecule has 0 bridgehead atoms. The lowest BCUT2D eigenvalue weighted by Gasteiger charge is -2.14. The average molecular weight is 324 g/mol. The van der Waals surface area contributed by atoms with Gasteiger partial charge in [-0.05, 0) is 38.0 Å². The minimum absolute atomic E-state index is 0.109. The standard InChI is InChI=1S/C16H19ClFN3O/c1-10(9-21-12(3)7-11(2)20-21)8-19-16(22)15-13(17)5-4-6-14(15)18/h4-7,10H,8-9H2,1-3H3,(H,19,22). The van der Waals surface area contributed by atoms with Gasteiger partial charge in [0.1, 0.15) is 5.82 Å². The van der Waals surface area contributed by atoms with E-state index in [0.29, 0.717) is 13.1 Å². The van der Waals surface area contributed by atoms with Gasteiger partial charge in [-0.3, -0.25) is 9.48 Å². The molecule has 6 heteroatoms. The Morgan fingerprint density at radius 1 is 1.45 bits per heavy atom. The molecule has 0 fully saturated rings. The third-order valence-electron chi connectivity index (χ3n) is 3.39. The molecule has 0 radical (unpaired) electrons. The van der Waals surface area contributed by atoms with Crippen molar-refractivity contribution < 1.29 is 9.18 Å². The predicted octanol–water partition coefficient (Wildman–Crippen LogP) is 3.36. The van der Waals surface area contributed by atoms with Crippen LogP contribution in [0.5, 0.6) is 0 Å². The summed E-state index contributed by atoms with van der Waals surface area (Å²) in [5.41, 5.74) is 1.93. The highest BCUT2D eigenvalue weighted by molar-refractivity contribution is 6.33. The zero-order valence-electron chi connectivity index (χ0n) is 12.9. The van der Waals surface area contributed by atoms with Crippen molar-refractivity contribution in [2.45, 2.75) is 27.3 Å². The Labute approximate surface area is 134 Å². The maximum absolute atomic E-state index is 13.7. The highest BCUT2D eigenvalue weighted by Crippen LogP contribution is 2.18. The molecule has 0 aliphatic heterocycles. The molecule has 2 aromatic rings. The Bertz CT molecular complexity index is 664. The van der Waals surface area contributed by atoms with Crippen molar-refractivity contribution in [3.05, 3.63) is 52.1 Å². The minimum Gasteiger partial charge on any atom is -0.352 e. The second-order valence-corrected chi connectivity index (χ2v) is 5.93. The Kier molecular flexibility index (Phi) is 5.19. The zero-order chi connectivity index (χ0) is 16.3. The Hall–Kier alpha value is -1.88. The van der Waals surface area contributed by atoms with Crippen LogP contribution in [0.2, 0.25) is 5.02 Å². The Morgan fingerprint density at radius 2 is 2.18 bits per heavy atom. The van der Waals surface area contributed by atoms with Crippen LogP contribution in [0.25, 0.3) is 0 Å². The van der Waals surface area contributed by atoms with E-state index in [4.69, 9.17) is 11.6 Å². The van der Waals surface area contributed by atoms with Crippen molar-refractivity contribution in [1.29, 1.82) is 0 Å². The van der Waals surface area contributed by atoms with E-state index in [9.17, 15) is 9.18 Å². The number of halogens is 2. The molecular weight excluding hydrogens is 305 g/mol. The number of hydrogen-bond acceptors (Lipinski definition) is 2. The van der Waals surface area contributed by atoms with Crippen LogP contribution in [-0.4, -0.2) is 22.2 Å². The average Bonchev–Trinajstić information content (AvgIpc) is 2.74. The van der Waals surface area contributed by atoms with Crippen LogP contribution in [0, 0.1) is 25.6 Å². The predicted molar refractivity (Wildman–Crippen MR) is 84.6 cm³/mol. The maximum atomic E-state index is 13.7. The Balaban J connectivity index is 1.95. The lowest BCUT2D eigenvalue weighted by atomic mass is 10.1. The van der Waals surface area contributed by atoms with E-state index in [0.717, 1.165) is 11.4 Å². The fourth-order valence-corrected chi connectivity index (χ4v) is 2.54. The summed E-state index contributed by atoms with van der Waals surface area (Å²) in [4.78, 5) is 12.1. The van der Waals surface area contributed by atoms with E-state index in [1.165, 1.54) is 18.2 Å². The van der Waals surface area contributed by atoms with Gasteiger partial charge in [0, 0.05) is 18.8 Å². The number of nitrogens with one attached hydrogen (secondary N) is 1. The summed E-state index contributed by atoms with van der Waals surface area (Å²) >= 11 is 5.88. The van der Waals surface area contributed by atoms with E-state index < -0.39 is 11.7 Å². The van der Waals surface area contributed by atoms with Gasteiger partial charge >= 0.3 is 0 Å². The number of hydrogen-bond donors (Lipinski definition) is 1. The Morgan fingerprint density at radius 3 is 2.77 bits per heavy atom. The fraction of sp³-hybridized carbons (Fsp3) is 0.375. The lowest BCUT2D eigenvalue weighted by Crippen LogP contribution is -2.31. The molecule has 0 saturated carbocycles. The molecule has 2 rings (SSSR count). The van der Waals surface area contributed by atoms with Crippen molar-refractivity contribution in [3.63, 3.8) is 0 Å². The number of aromatic nitrogens is 2. The van der Waals surface area contributed by atoms with Crippen molar-refractivity contribution >= 4 is 17.5 Å². The lowest BCUT2D eigenvalue weighted by molar-refractivity contribution is 0.0942. The number of carbonyl (C=O) groups is 1. The van der Waals surface area contributed by atoms with Crippen LogP contribution in [0.1, 0.15) is 28.7 Å². The van der Waals surface area contributed by atoms with Gasteiger partial charge in [0.05, 0.1) is 16.3 Å². The SMILES string of the molecule is Cc1cc(C)n(CC(C)CNC(=O)c2c(F)cccc2Cl)n1.